The lowest BCUT2D eigenvalue weighted by atomic mass is 9.58. The Hall–Kier alpha value is -4.54. The number of hydrogen-bond donors (Lipinski definition) is 1. The summed E-state index contributed by atoms with van der Waals surface area (Å²) < 4.78 is 13.5. The standard InChI is InChI=1S/C48H51NO3/c1-3-46(4-2)26-28-47(29-27-46)42-15-9-8-14-40(42)43-38-12-6-7-13-39(38)45-41(44(43)47)24-25-48(52-45,35-18-22-37(23-19-35)51-33-32-50)34-16-20-36(21-17-34)49-30-10-5-11-31-49/h6-9,12-25,50H,3-5,10-11,26-33H2,1-2H3. The molecule has 52 heavy (non-hydrogen) atoms. The van der Waals surface area contributed by atoms with Gasteiger partial charge in [0.05, 0.1) is 6.61 Å². The van der Waals surface area contributed by atoms with Crippen molar-refractivity contribution in [2.24, 2.45) is 5.41 Å². The van der Waals surface area contributed by atoms with Gasteiger partial charge in [0.15, 0.2) is 5.60 Å². The second-order valence-corrected chi connectivity index (χ2v) is 15.7. The van der Waals surface area contributed by atoms with Gasteiger partial charge in [-0.15, -0.1) is 0 Å². The minimum absolute atomic E-state index is 0.0156. The first-order chi connectivity index (χ1) is 25.5. The third-order valence-electron chi connectivity index (χ3n) is 13.5. The Kier molecular flexibility index (Phi) is 8.42. The number of benzene rings is 5. The molecule has 0 aromatic heterocycles. The Bertz CT molecular complexity index is 2110. The number of aliphatic hydroxyl groups is 1. The molecule has 2 heterocycles. The van der Waals surface area contributed by atoms with Gasteiger partial charge in [-0.25, -0.2) is 0 Å². The highest BCUT2D eigenvalue weighted by atomic mass is 16.5. The van der Waals surface area contributed by atoms with Crippen molar-refractivity contribution in [1.82, 2.24) is 0 Å². The maximum absolute atomic E-state index is 9.38. The average Bonchev–Trinajstić information content (AvgIpc) is 3.51. The quantitative estimate of drug-likeness (QED) is 0.176. The van der Waals surface area contributed by atoms with Gasteiger partial charge in [-0.1, -0.05) is 106 Å². The molecule has 4 heteroatoms. The van der Waals surface area contributed by atoms with Gasteiger partial charge in [-0.05, 0) is 108 Å². The van der Waals surface area contributed by atoms with Crippen LogP contribution in [0.3, 0.4) is 0 Å². The van der Waals surface area contributed by atoms with Crippen molar-refractivity contribution in [2.75, 3.05) is 31.2 Å². The van der Waals surface area contributed by atoms with E-state index in [1.54, 1.807) is 0 Å². The third kappa shape index (κ3) is 5.12. The fourth-order valence-corrected chi connectivity index (χ4v) is 10.3. The van der Waals surface area contributed by atoms with Crippen LogP contribution in [0.5, 0.6) is 11.5 Å². The smallest absolute Gasteiger partial charge is 0.178 e. The third-order valence-corrected chi connectivity index (χ3v) is 13.5. The summed E-state index contributed by atoms with van der Waals surface area (Å²) in [4.78, 5) is 2.52. The van der Waals surface area contributed by atoms with Crippen LogP contribution in [0.1, 0.15) is 99.5 Å². The van der Waals surface area contributed by atoms with E-state index in [2.05, 4.69) is 116 Å². The summed E-state index contributed by atoms with van der Waals surface area (Å²) in [6.07, 6.45) is 15.9. The molecule has 1 spiro atoms. The summed E-state index contributed by atoms with van der Waals surface area (Å²) in [5.41, 5.74) is 10.0. The van der Waals surface area contributed by atoms with Crippen LogP contribution in [0.4, 0.5) is 5.69 Å². The summed E-state index contributed by atoms with van der Waals surface area (Å²) >= 11 is 0. The number of rotatable bonds is 8. The highest BCUT2D eigenvalue weighted by molar-refractivity contribution is 6.08. The molecule has 266 valence electrons. The molecule has 9 rings (SSSR count). The Morgan fingerprint density at radius 2 is 1.38 bits per heavy atom. The molecular weight excluding hydrogens is 639 g/mol. The Morgan fingerprint density at radius 3 is 2.08 bits per heavy atom. The normalized spacial score (nSPS) is 21.0. The minimum atomic E-state index is -0.843. The minimum Gasteiger partial charge on any atom is -0.491 e. The van der Waals surface area contributed by atoms with Crippen molar-refractivity contribution in [3.8, 4) is 22.6 Å². The molecule has 0 bridgehead atoms. The Balaban J connectivity index is 1.24. The summed E-state index contributed by atoms with van der Waals surface area (Å²) in [5, 5.41) is 11.8. The molecule has 4 nitrogen and oxygen atoms in total. The van der Waals surface area contributed by atoms with E-state index in [0.717, 1.165) is 53.9 Å². The molecule has 1 N–H and O–H groups in total. The van der Waals surface area contributed by atoms with Gasteiger partial charge in [0.1, 0.15) is 18.1 Å². The molecular formula is C48H51NO3. The lowest BCUT2D eigenvalue weighted by Gasteiger charge is -2.47. The van der Waals surface area contributed by atoms with Crippen LogP contribution in [0.25, 0.3) is 28.0 Å². The van der Waals surface area contributed by atoms with Gasteiger partial charge in [-0.2, -0.15) is 0 Å². The van der Waals surface area contributed by atoms with Crippen LogP contribution >= 0.6 is 0 Å². The maximum atomic E-state index is 9.38. The van der Waals surface area contributed by atoms with E-state index in [1.165, 1.54) is 83.8 Å². The summed E-state index contributed by atoms with van der Waals surface area (Å²) in [6.45, 7) is 7.27. The number of hydrogen-bond acceptors (Lipinski definition) is 4. The van der Waals surface area contributed by atoms with E-state index < -0.39 is 5.60 Å². The number of ether oxygens (including phenoxy) is 2. The molecule has 1 saturated heterocycles. The Morgan fingerprint density at radius 1 is 0.731 bits per heavy atom. The fourth-order valence-electron chi connectivity index (χ4n) is 10.3. The van der Waals surface area contributed by atoms with Crippen molar-refractivity contribution < 1.29 is 14.6 Å². The van der Waals surface area contributed by atoms with Crippen LogP contribution in [-0.2, 0) is 11.0 Å². The molecule has 2 aliphatic carbocycles. The van der Waals surface area contributed by atoms with Gasteiger partial charge in [0.2, 0.25) is 0 Å². The summed E-state index contributed by atoms with van der Waals surface area (Å²) in [7, 11) is 0. The van der Waals surface area contributed by atoms with Crippen LogP contribution in [0, 0.1) is 5.41 Å². The van der Waals surface area contributed by atoms with E-state index in [4.69, 9.17) is 9.47 Å². The van der Waals surface area contributed by atoms with Crippen LogP contribution in [0.15, 0.2) is 103 Å². The molecule has 0 amide bonds. The van der Waals surface area contributed by atoms with Crippen LogP contribution in [-0.4, -0.2) is 31.4 Å². The lowest BCUT2D eigenvalue weighted by molar-refractivity contribution is 0.132. The van der Waals surface area contributed by atoms with Crippen molar-refractivity contribution in [3.63, 3.8) is 0 Å². The molecule has 1 unspecified atom stereocenters. The number of anilines is 1. The van der Waals surface area contributed by atoms with Gasteiger partial charge in [0.25, 0.3) is 0 Å². The van der Waals surface area contributed by atoms with E-state index in [9.17, 15) is 5.11 Å². The molecule has 1 saturated carbocycles. The predicted molar refractivity (Wildman–Crippen MR) is 214 cm³/mol. The first-order valence-electron chi connectivity index (χ1n) is 19.8. The molecule has 5 aromatic carbocycles. The first-order valence-corrected chi connectivity index (χ1v) is 19.8. The van der Waals surface area contributed by atoms with E-state index in [0.29, 0.717) is 5.41 Å². The number of nitrogens with zero attached hydrogens (tertiary/aromatic N) is 1. The predicted octanol–water partition coefficient (Wildman–Crippen LogP) is 11.2. The van der Waals surface area contributed by atoms with Crippen molar-refractivity contribution in [2.45, 2.75) is 82.7 Å². The molecule has 5 aromatic rings. The average molecular weight is 690 g/mol. The molecule has 1 atom stereocenters. The Labute approximate surface area is 309 Å². The lowest BCUT2D eigenvalue weighted by Crippen LogP contribution is -2.38. The maximum Gasteiger partial charge on any atom is 0.178 e. The summed E-state index contributed by atoms with van der Waals surface area (Å²) in [5.74, 6) is 1.72. The van der Waals surface area contributed by atoms with Crippen LogP contribution < -0.4 is 14.4 Å². The van der Waals surface area contributed by atoms with Crippen molar-refractivity contribution >= 4 is 22.5 Å². The first kappa shape index (κ1) is 33.3. The van der Waals surface area contributed by atoms with E-state index >= 15 is 0 Å². The molecule has 4 aliphatic rings. The second-order valence-electron chi connectivity index (χ2n) is 15.7. The molecule has 2 fully saturated rings. The monoisotopic (exact) mass is 689 g/mol. The zero-order chi connectivity index (χ0) is 35.3. The van der Waals surface area contributed by atoms with Gasteiger partial charge in [0, 0.05) is 46.3 Å². The number of aliphatic hydroxyl groups excluding tert-OH is 1. The number of piperidine rings is 1. The zero-order valence-corrected chi connectivity index (χ0v) is 30.8. The summed E-state index contributed by atoms with van der Waals surface area (Å²) in [6, 6.07) is 35.6. The second kappa shape index (κ2) is 13.1. The topological polar surface area (TPSA) is 41.9 Å². The van der Waals surface area contributed by atoms with Gasteiger partial charge in [-0.3, -0.25) is 0 Å². The molecule has 0 radical (unpaired) electrons. The SMILES string of the molecule is CCC1(CC)CCC2(CC1)c1ccccc1-c1c2c2c(c3ccccc13)OC(c1ccc(OCCO)cc1)(c1ccc(N3CCCCC3)cc1)C=C2. The van der Waals surface area contributed by atoms with Gasteiger partial charge < -0.3 is 19.5 Å². The highest BCUT2D eigenvalue weighted by Crippen LogP contribution is 2.64. The fraction of sp³-hybridized carbons (Fsp3) is 0.375. The van der Waals surface area contributed by atoms with E-state index in [1.807, 2.05) is 12.1 Å². The zero-order valence-electron chi connectivity index (χ0n) is 30.8. The number of fused-ring (bicyclic) bond motifs is 10. The largest absolute Gasteiger partial charge is 0.491 e. The van der Waals surface area contributed by atoms with Crippen molar-refractivity contribution in [1.29, 1.82) is 0 Å². The van der Waals surface area contributed by atoms with Crippen LogP contribution in [0.2, 0.25) is 0 Å². The highest BCUT2D eigenvalue weighted by Gasteiger charge is 2.51. The van der Waals surface area contributed by atoms with Crippen molar-refractivity contribution in [3.05, 3.63) is 131 Å². The van der Waals surface area contributed by atoms with Gasteiger partial charge >= 0.3 is 0 Å². The van der Waals surface area contributed by atoms with E-state index in [-0.39, 0.29) is 18.6 Å². The molecule has 2 aliphatic heterocycles.